The molecule has 8 nitrogen and oxygen atoms in total. The van der Waals surface area contributed by atoms with E-state index in [1.807, 2.05) is 0 Å². The lowest BCUT2D eigenvalue weighted by Crippen LogP contribution is -2.43. The van der Waals surface area contributed by atoms with Crippen LogP contribution >= 0.6 is 11.6 Å². The summed E-state index contributed by atoms with van der Waals surface area (Å²) in [7, 11) is 0. The van der Waals surface area contributed by atoms with Gasteiger partial charge in [-0.25, -0.2) is 13.7 Å². The molecule has 0 spiro atoms. The largest absolute Gasteiger partial charge is 0.322 e. The van der Waals surface area contributed by atoms with Crippen molar-refractivity contribution in [2.24, 2.45) is 10.3 Å². The molecule has 2 atom stereocenters. The second-order valence-electron chi connectivity index (χ2n) is 6.35. The average molecular weight is 420 g/mol. The highest BCUT2D eigenvalue weighted by molar-refractivity contribution is 6.31. The summed E-state index contributed by atoms with van der Waals surface area (Å²) in [5.74, 6) is -3.60. The first-order chi connectivity index (χ1) is 13.8. The molecule has 0 aromatic heterocycles. The highest BCUT2D eigenvalue weighted by Gasteiger charge is 2.55. The van der Waals surface area contributed by atoms with E-state index in [-0.39, 0.29) is 5.69 Å². The van der Waals surface area contributed by atoms with Gasteiger partial charge in [0.2, 0.25) is 5.91 Å². The van der Waals surface area contributed by atoms with E-state index >= 15 is 0 Å². The number of benzene rings is 2. The average Bonchev–Trinajstić information content (AvgIpc) is 3.19. The van der Waals surface area contributed by atoms with Crippen molar-refractivity contribution in [1.82, 2.24) is 5.01 Å². The number of carbonyl (C=O) groups excluding carboxylic acids is 3. The van der Waals surface area contributed by atoms with E-state index in [0.29, 0.717) is 16.8 Å². The highest BCUT2D eigenvalue weighted by Crippen LogP contribution is 2.32. The minimum absolute atomic E-state index is 0.222. The third-order valence-corrected chi connectivity index (χ3v) is 4.71. The zero-order valence-electron chi connectivity index (χ0n) is 14.6. The maximum Gasteiger partial charge on any atom is 0.263 e. The van der Waals surface area contributed by atoms with Crippen molar-refractivity contribution in [1.29, 1.82) is 0 Å². The third-order valence-electron chi connectivity index (χ3n) is 4.45. The summed E-state index contributed by atoms with van der Waals surface area (Å²) < 4.78 is 26.7. The first-order valence-corrected chi connectivity index (χ1v) is 8.78. The molecule has 2 aromatic rings. The van der Waals surface area contributed by atoms with Gasteiger partial charge in [-0.2, -0.15) is 5.11 Å². The molecule has 0 saturated carbocycles. The summed E-state index contributed by atoms with van der Waals surface area (Å²) in [5, 5.41) is 11.3. The normalized spacial score (nSPS) is 20.4. The number of fused-ring (bicyclic) bond motifs is 1. The standard InChI is InChI=1S/C18H12ClF2N5O3/c19-9-1-4-11(5-2-9)26-17(28)15-16(18(26)29)25(24-23-15)8-14(27)22-13-6-3-10(20)7-12(13)21/h1-7,15-16H,8H2,(H,22,27)/t15-,16+/m0/s1. The Morgan fingerprint density at radius 3 is 2.52 bits per heavy atom. The van der Waals surface area contributed by atoms with Crippen LogP contribution in [0.4, 0.5) is 20.2 Å². The Morgan fingerprint density at radius 2 is 1.83 bits per heavy atom. The Morgan fingerprint density at radius 1 is 1.10 bits per heavy atom. The van der Waals surface area contributed by atoms with E-state index in [0.717, 1.165) is 22.0 Å². The van der Waals surface area contributed by atoms with Gasteiger partial charge in [0.1, 0.15) is 18.2 Å². The van der Waals surface area contributed by atoms with Gasteiger partial charge in [-0.05, 0) is 36.4 Å². The molecule has 2 heterocycles. The molecule has 2 aliphatic rings. The molecule has 11 heteroatoms. The summed E-state index contributed by atoms with van der Waals surface area (Å²) in [6, 6.07) is 6.65. The van der Waals surface area contributed by atoms with Gasteiger partial charge in [0.15, 0.2) is 12.1 Å². The molecular formula is C18H12ClF2N5O3. The van der Waals surface area contributed by atoms with Gasteiger partial charge in [-0.3, -0.25) is 19.4 Å². The van der Waals surface area contributed by atoms with Gasteiger partial charge < -0.3 is 5.32 Å². The number of imide groups is 1. The highest BCUT2D eigenvalue weighted by atomic mass is 35.5. The topological polar surface area (TPSA) is 94.4 Å². The predicted molar refractivity (Wildman–Crippen MR) is 98.1 cm³/mol. The molecule has 2 aromatic carbocycles. The van der Waals surface area contributed by atoms with Crippen molar-refractivity contribution < 1.29 is 23.2 Å². The quantitative estimate of drug-likeness (QED) is 0.770. The fourth-order valence-corrected chi connectivity index (χ4v) is 3.25. The van der Waals surface area contributed by atoms with Crippen molar-refractivity contribution in [3.8, 4) is 0 Å². The Hall–Kier alpha value is -3.40. The van der Waals surface area contributed by atoms with Crippen molar-refractivity contribution in [3.05, 3.63) is 59.1 Å². The van der Waals surface area contributed by atoms with Crippen LogP contribution in [0, 0.1) is 11.6 Å². The molecule has 0 aliphatic carbocycles. The molecule has 4 rings (SSSR count). The van der Waals surface area contributed by atoms with Crippen molar-refractivity contribution in [3.63, 3.8) is 0 Å². The predicted octanol–water partition coefficient (Wildman–Crippen LogP) is 2.55. The summed E-state index contributed by atoms with van der Waals surface area (Å²) in [5.41, 5.74) is 0.104. The van der Waals surface area contributed by atoms with Gasteiger partial charge in [-0.15, -0.1) is 0 Å². The molecule has 0 radical (unpaired) electrons. The van der Waals surface area contributed by atoms with Crippen molar-refractivity contribution in [2.75, 3.05) is 16.8 Å². The van der Waals surface area contributed by atoms with Crippen LogP contribution in [-0.4, -0.2) is 41.4 Å². The van der Waals surface area contributed by atoms with E-state index in [1.54, 1.807) is 0 Å². The first-order valence-electron chi connectivity index (χ1n) is 8.41. The second kappa shape index (κ2) is 7.21. The zero-order valence-corrected chi connectivity index (χ0v) is 15.3. The van der Waals surface area contributed by atoms with E-state index in [1.165, 1.54) is 24.3 Å². The molecule has 0 bridgehead atoms. The summed E-state index contributed by atoms with van der Waals surface area (Å²) in [6.45, 7) is -0.449. The molecule has 148 valence electrons. The molecule has 1 saturated heterocycles. The van der Waals surface area contributed by atoms with Crippen LogP contribution < -0.4 is 10.2 Å². The number of carbonyl (C=O) groups is 3. The maximum absolute atomic E-state index is 13.7. The molecular weight excluding hydrogens is 408 g/mol. The second-order valence-corrected chi connectivity index (χ2v) is 6.79. The Bertz CT molecular complexity index is 1050. The lowest BCUT2D eigenvalue weighted by Gasteiger charge is -2.20. The minimum atomic E-state index is -1.08. The molecule has 3 amide bonds. The summed E-state index contributed by atoms with van der Waals surface area (Å²) >= 11 is 5.83. The van der Waals surface area contributed by atoms with Crippen LogP contribution in [0.5, 0.6) is 0 Å². The van der Waals surface area contributed by atoms with Crippen molar-refractivity contribution in [2.45, 2.75) is 12.1 Å². The van der Waals surface area contributed by atoms with Crippen LogP contribution in [0.3, 0.4) is 0 Å². The Kier molecular flexibility index (Phi) is 4.71. The lowest BCUT2D eigenvalue weighted by molar-refractivity contribution is -0.123. The third kappa shape index (κ3) is 3.42. The molecule has 1 N–H and O–H groups in total. The number of amides is 3. The monoisotopic (exact) mass is 419 g/mol. The number of halogens is 3. The Balaban J connectivity index is 1.49. The summed E-state index contributed by atoms with van der Waals surface area (Å²) in [4.78, 5) is 38.6. The van der Waals surface area contributed by atoms with Gasteiger partial charge in [0, 0.05) is 11.1 Å². The van der Waals surface area contributed by atoms with Crippen LogP contribution in [0.1, 0.15) is 0 Å². The Labute approximate surface area is 167 Å². The zero-order chi connectivity index (χ0) is 20.7. The molecule has 29 heavy (non-hydrogen) atoms. The maximum atomic E-state index is 13.7. The number of nitrogens with zero attached hydrogens (tertiary/aromatic N) is 4. The van der Waals surface area contributed by atoms with Crippen LogP contribution in [0.2, 0.25) is 5.02 Å². The van der Waals surface area contributed by atoms with Gasteiger partial charge in [0.05, 0.1) is 11.4 Å². The molecule has 1 fully saturated rings. The van der Waals surface area contributed by atoms with Gasteiger partial charge >= 0.3 is 0 Å². The number of hydrogen-bond donors (Lipinski definition) is 1. The number of rotatable bonds is 4. The molecule has 2 aliphatic heterocycles. The first kappa shape index (κ1) is 18.9. The number of nitrogens with one attached hydrogen (secondary N) is 1. The smallest absolute Gasteiger partial charge is 0.263 e. The van der Waals surface area contributed by atoms with E-state index in [9.17, 15) is 23.2 Å². The van der Waals surface area contributed by atoms with Crippen LogP contribution in [0.15, 0.2) is 52.8 Å². The van der Waals surface area contributed by atoms with E-state index in [4.69, 9.17) is 11.6 Å². The van der Waals surface area contributed by atoms with E-state index < -0.39 is 48.0 Å². The van der Waals surface area contributed by atoms with Crippen LogP contribution in [0.25, 0.3) is 0 Å². The lowest BCUT2D eigenvalue weighted by atomic mass is 10.1. The summed E-state index contributed by atoms with van der Waals surface area (Å²) in [6.07, 6.45) is 0. The minimum Gasteiger partial charge on any atom is -0.322 e. The van der Waals surface area contributed by atoms with Gasteiger partial charge in [0.25, 0.3) is 11.8 Å². The van der Waals surface area contributed by atoms with Gasteiger partial charge in [-0.1, -0.05) is 16.8 Å². The van der Waals surface area contributed by atoms with Crippen LogP contribution in [-0.2, 0) is 14.4 Å². The van der Waals surface area contributed by atoms with Crippen molar-refractivity contribution >= 4 is 40.7 Å². The van der Waals surface area contributed by atoms with E-state index in [2.05, 4.69) is 15.7 Å². The SMILES string of the molecule is O=C(CN1N=N[C@@H]2C(=O)N(c3ccc(Cl)cc3)C(=O)[C@@H]21)Nc1ccc(F)cc1F. The number of hydrogen-bond acceptors (Lipinski definition) is 6. The fraction of sp³-hybridized carbons (Fsp3) is 0.167. The number of anilines is 2. The molecule has 0 unspecified atom stereocenters. The fourth-order valence-electron chi connectivity index (χ4n) is 3.13.